The molecule has 3 nitrogen and oxygen atoms in total. The number of carbonyl (C=O) groups is 1. The van der Waals surface area contributed by atoms with E-state index < -0.39 is 0 Å². The Balaban J connectivity index is 2.43. The van der Waals surface area contributed by atoms with E-state index >= 15 is 0 Å². The zero-order valence-corrected chi connectivity index (χ0v) is 10.1. The van der Waals surface area contributed by atoms with Crippen molar-refractivity contribution in [1.29, 1.82) is 0 Å². The molecular formula is C14H19NO2. The molecule has 0 saturated carbocycles. The third-order valence-corrected chi connectivity index (χ3v) is 2.45. The molecule has 3 heteroatoms. The molecule has 1 rings (SSSR count). The van der Waals surface area contributed by atoms with Gasteiger partial charge in [0.2, 0.25) is 0 Å². The first-order valence-corrected chi connectivity index (χ1v) is 5.74. The molecule has 2 atom stereocenters. The van der Waals surface area contributed by atoms with E-state index in [1.807, 2.05) is 37.3 Å². The average molecular weight is 233 g/mol. The number of ether oxygens (including phenoxy) is 1. The fourth-order valence-electron chi connectivity index (χ4n) is 1.55. The lowest BCUT2D eigenvalue weighted by atomic mass is 10.1. The molecule has 1 unspecified atom stereocenters. The second-order valence-corrected chi connectivity index (χ2v) is 4.05. The van der Waals surface area contributed by atoms with Crippen molar-refractivity contribution < 1.29 is 9.53 Å². The van der Waals surface area contributed by atoms with Crippen molar-refractivity contribution in [3.63, 3.8) is 0 Å². The minimum Gasteiger partial charge on any atom is -0.462 e. The van der Waals surface area contributed by atoms with Gasteiger partial charge in [0.25, 0.3) is 0 Å². The first kappa shape index (κ1) is 13.5. The van der Waals surface area contributed by atoms with Gasteiger partial charge in [0.15, 0.2) is 0 Å². The lowest BCUT2D eigenvalue weighted by Gasteiger charge is -2.14. The summed E-state index contributed by atoms with van der Waals surface area (Å²) in [6.07, 6.45) is 2.45. The van der Waals surface area contributed by atoms with Crippen LogP contribution in [0.5, 0.6) is 0 Å². The second kappa shape index (κ2) is 6.86. The summed E-state index contributed by atoms with van der Waals surface area (Å²) in [7, 11) is 0. The molecule has 0 aliphatic heterocycles. The van der Waals surface area contributed by atoms with Crippen LogP contribution >= 0.6 is 0 Å². The van der Waals surface area contributed by atoms with Crippen molar-refractivity contribution in [2.75, 3.05) is 0 Å². The summed E-state index contributed by atoms with van der Waals surface area (Å²) in [5.41, 5.74) is 6.87. The normalized spacial score (nSPS) is 13.8. The van der Waals surface area contributed by atoms with Gasteiger partial charge in [-0.1, -0.05) is 36.4 Å². The van der Waals surface area contributed by atoms with E-state index in [0.29, 0.717) is 6.42 Å². The van der Waals surface area contributed by atoms with Gasteiger partial charge in [-0.05, 0) is 12.5 Å². The zero-order chi connectivity index (χ0) is 12.7. The number of rotatable bonds is 6. The summed E-state index contributed by atoms with van der Waals surface area (Å²) in [4.78, 5) is 11.6. The largest absolute Gasteiger partial charge is 0.462 e. The van der Waals surface area contributed by atoms with E-state index in [2.05, 4.69) is 6.58 Å². The summed E-state index contributed by atoms with van der Waals surface area (Å²) >= 11 is 0. The SMILES string of the molecule is C=CC[C@@H](C)OC(=O)CC(N)c1ccccc1. The van der Waals surface area contributed by atoms with Gasteiger partial charge in [0, 0.05) is 12.5 Å². The molecule has 0 aliphatic carbocycles. The van der Waals surface area contributed by atoms with Gasteiger partial charge in [-0.2, -0.15) is 0 Å². The Morgan fingerprint density at radius 1 is 1.47 bits per heavy atom. The van der Waals surface area contributed by atoms with Gasteiger partial charge in [0.05, 0.1) is 6.42 Å². The quantitative estimate of drug-likeness (QED) is 0.607. The maximum absolute atomic E-state index is 11.6. The maximum Gasteiger partial charge on any atom is 0.307 e. The fraction of sp³-hybridized carbons (Fsp3) is 0.357. The number of benzene rings is 1. The number of hydrogen-bond donors (Lipinski definition) is 1. The van der Waals surface area contributed by atoms with Crippen molar-refractivity contribution in [2.45, 2.75) is 31.9 Å². The summed E-state index contributed by atoms with van der Waals surface area (Å²) < 4.78 is 5.19. The van der Waals surface area contributed by atoms with Crippen molar-refractivity contribution in [1.82, 2.24) is 0 Å². The highest BCUT2D eigenvalue weighted by atomic mass is 16.5. The van der Waals surface area contributed by atoms with Crippen LogP contribution in [-0.4, -0.2) is 12.1 Å². The smallest absolute Gasteiger partial charge is 0.307 e. The van der Waals surface area contributed by atoms with Crippen LogP contribution < -0.4 is 5.73 Å². The average Bonchev–Trinajstić information content (AvgIpc) is 2.30. The molecule has 1 aromatic rings. The van der Waals surface area contributed by atoms with Crippen molar-refractivity contribution in [2.24, 2.45) is 5.73 Å². The first-order valence-electron chi connectivity index (χ1n) is 5.74. The third kappa shape index (κ3) is 4.83. The van der Waals surface area contributed by atoms with Gasteiger partial charge in [0.1, 0.15) is 6.10 Å². The molecule has 2 N–H and O–H groups in total. The van der Waals surface area contributed by atoms with E-state index in [-0.39, 0.29) is 24.5 Å². The van der Waals surface area contributed by atoms with Crippen LogP contribution in [0, 0.1) is 0 Å². The second-order valence-electron chi connectivity index (χ2n) is 4.05. The lowest BCUT2D eigenvalue weighted by molar-refractivity contribution is -0.148. The van der Waals surface area contributed by atoms with Gasteiger partial charge < -0.3 is 10.5 Å². The highest BCUT2D eigenvalue weighted by Crippen LogP contribution is 2.14. The molecule has 0 spiro atoms. The summed E-state index contributed by atoms with van der Waals surface area (Å²) in [6, 6.07) is 9.23. The lowest BCUT2D eigenvalue weighted by Crippen LogP contribution is -2.20. The summed E-state index contributed by atoms with van der Waals surface area (Å²) in [5, 5.41) is 0. The molecule has 0 saturated heterocycles. The van der Waals surface area contributed by atoms with Crippen molar-refractivity contribution in [3.8, 4) is 0 Å². The van der Waals surface area contributed by atoms with Crippen LogP contribution in [0.2, 0.25) is 0 Å². The van der Waals surface area contributed by atoms with Crippen LogP contribution in [-0.2, 0) is 9.53 Å². The Kier molecular flexibility index (Phi) is 5.43. The Morgan fingerprint density at radius 3 is 2.71 bits per heavy atom. The Labute approximate surface area is 102 Å². The molecule has 1 aromatic carbocycles. The van der Waals surface area contributed by atoms with Crippen molar-refractivity contribution >= 4 is 5.97 Å². The van der Waals surface area contributed by atoms with E-state index in [0.717, 1.165) is 5.56 Å². The van der Waals surface area contributed by atoms with Gasteiger partial charge >= 0.3 is 5.97 Å². The fourth-order valence-corrected chi connectivity index (χ4v) is 1.55. The first-order chi connectivity index (χ1) is 8.13. The maximum atomic E-state index is 11.6. The number of nitrogens with two attached hydrogens (primary N) is 1. The van der Waals surface area contributed by atoms with Crippen molar-refractivity contribution in [3.05, 3.63) is 48.6 Å². The highest BCUT2D eigenvalue weighted by Gasteiger charge is 2.14. The molecule has 0 bridgehead atoms. The number of carbonyl (C=O) groups excluding carboxylic acids is 1. The summed E-state index contributed by atoms with van der Waals surface area (Å²) in [6.45, 7) is 5.44. The highest BCUT2D eigenvalue weighted by molar-refractivity contribution is 5.70. The standard InChI is InChI=1S/C14H19NO2/c1-3-7-11(2)17-14(16)10-13(15)12-8-5-4-6-9-12/h3-6,8-9,11,13H,1,7,10,15H2,2H3/t11-,13?/m1/s1. The molecule has 0 radical (unpaired) electrons. The minimum atomic E-state index is -0.306. The minimum absolute atomic E-state index is 0.136. The predicted molar refractivity (Wildman–Crippen MR) is 68.4 cm³/mol. The van der Waals surface area contributed by atoms with E-state index in [4.69, 9.17) is 10.5 Å². The van der Waals surface area contributed by atoms with E-state index in [1.54, 1.807) is 6.08 Å². The molecule has 0 aliphatic rings. The molecule has 92 valence electrons. The molecule has 0 heterocycles. The predicted octanol–water partition coefficient (Wildman–Crippen LogP) is 2.58. The monoisotopic (exact) mass is 233 g/mol. The molecule has 17 heavy (non-hydrogen) atoms. The Hall–Kier alpha value is -1.61. The van der Waals surface area contributed by atoms with Crippen LogP contribution in [0.4, 0.5) is 0 Å². The van der Waals surface area contributed by atoms with Crippen LogP contribution in [0.1, 0.15) is 31.4 Å². The molecule has 0 aromatic heterocycles. The Bertz CT molecular complexity index is 362. The zero-order valence-electron chi connectivity index (χ0n) is 10.1. The third-order valence-electron chi connectivity index (χ3n) is 2.45. The molecule has 0 fully saturated rings. The van der Waals surface area contributed by atoms with Crippen LogP contribution in [0.15, 0.2) is 43.0 Å². The molecular weight excluding hydrogens is 214 g/mol. The Morgan fingerprint density at radius 2 is 2.12 bits per heavy atom. The topological polar surface area (TPSA) is 52.3 Å². The van der Waals surface area contributed by atoms with Gasteiger partial charge in [-0.25, -0.2) is 0 Å². The number of hydrogen-bond acceptors (Lipinski definition) is 3. The van der Waals surface area contributed by atoms with Crippen LogP contribution in [0.25, 0.3) is 0 Å². The van der Waals surface area contributed by atoms with E-state index in [9.17, 15) is 4.79 Å². The van der Waals surface area contributed by atoms with Gasteiger partial charge in [-0.3, -0.25) is 4.79 Å². The molecule has 0 amide bonds. The summed E-state index contributed by atoms with van der Waals surface area (Å²) in [5.74, 6) is -0.268. The van der Waals surface area contributed by atoms with Crippen LogP contribution in [0.3, 0.4) is 0 Å². The van der Waals surface area contributed by atoms with E-state index in [1.165, 1.54) is 0 Å². The number of esters is 1. The van der Waals surface area contributed by atoms with Gasteiger partial charge in [-0.15, -0.1) is 6.58 Å².